The molecule has 0 unspecified atom stereocenters. The van der Waals surface area contributed by atoms with Crippen LogP contribution in [0.4, 0.5) is 5.69 Å². The van der Waals surface area contributed by atoms with E-state index < -0.39 is 28.5 Å². The molecular weight excluding hydrogens is 545 g/mol. The number of aryl methyl sites for hydroxylation is 1. The minimum absolute atomic E-state index is 0.0144. The van der Waals surface area contributed by atoms with Crippen LogP contribution < -0.4 is 9.62 Å². The van der Waals surface area contributed by atoms with Gasteiger partial charge in [0.1, 0.15) is 12.6 Å². The maximum absolute atomic E-state index is 13.9. The van der Waals surface area contributed by atoms with Gasteiger partial charge in [0.25, 0.3) is 10.0 Å². The molecule has 1 atom stereocenters. The Morgan fingerprint density at radius 1 is 0.921 bits per heavy atom. The Morgan fingerprint density at radius 3 is 2.18 bits per heavy atom. The van der Waals surface area contributed by atoms with E-state index in [4.69, 9.17) is 23.2 Å². The van der Waals surface area contributed by atoms with E-state index in [1.165, 1.54) is 29.2 Å². The lowest BCUT2D eigenvalue weighted by Gasteiger charge is -2.32. The number of hydrogen-bond donors (Lipinski definition) is 1. The highest BCUT2D eigenvalue weighted by Gasteiger charge is 2.33. The molecule has 0 fully saturated rings. The topological polar surface area (TPSA) is 86.8 Å². The van der Waals surface area contributed by atoms with Gasteiger partial charge in [-0.15, -0.1) is 0 Å². The van der Waals surface area contributed by atoms with Gasteiger partial charge in [-0.1, -0.05) is 53.5 Å². The van der Waals surface area contributed by atoms with Crippen LogP contribution in [-0.2, 0) is 26.2 Å². The molecule has 1 N–H and O–H groups in total. The van der Waals surface area contributed by atoms with Crippen LogP contribution in [0.5, 0.6) is 0 Å². The first-order chi connectivity index (χ1) is 17.9. The van der Waals surface area contributed by atoms with Crippen molar-refractivity contribution in [3.05, 3.63) is 94.0 Å². The van der Waals surface area contributed by atoms with Crippen LogP contribution in [0.2, 0.25) is 10.0 Å². The smallest absolute Gasteiger partial charge is 0.264 e. The highest BCUT2D eigenvalue weighted by atomic mass is 35.5. The van der Waals surface area contributed by atoms with Crippen LogP contribution in [-0.4, -0.2) is 43.8 Å². The van der Waals surface area contributed by atoms with Crippen LogP contribution in [0.25, 0.3) is 0 Å². The zero-order valence-electron chi connectivity index (χ0n) is 21.7. The van der Waals surface area contributed by atoms with Crippen molar-refractivity contribution in [1.29, 1.82) is 0 Å². The number of amides is 2. The lowest BCUT2D eigenvalue weighted by molar-refractivity contribution is -0.139. The van der Waals surface area contributed by atoms with Gasteiger partial charge in [0.15, 0.2) is 0 Å². The minimum atomic E-state index is -4.16. The molecule has 10 heteroatoms. The lowest BCUT2D eigenvalue weighted by atomic mass is 10.1. The van der Waals surface area contributed by atoms with Crippen molar-refractivity contribution in [2.24, 2.45) is 0 Å². The molecule has 0 spiro atoms. The second kappa shape index (κ2) is 12.7. The first kappa shape index (κ1) is 29.5. The number of hydrogen-bond acceptors (Lipinski definition) is 4. The second-order valence-corrected chi connectivity index (χ2v) is 12.0. The van der Waals surface area contributed by atoms with Gasteiger partial charge in [0.2, 0.25) is 11.8 Å². The van der Waals surface area contributed by atoms with Gasteiger partial charge in [-0.05, 0) is 81.3 Å². The average Bonchev–Trinajstić information content (AvgIpc) is 2.86. The van der Waals surface area contributed by atoms with Gasteiger partial charge in [0.05, 0.1) is 10.6 Å². The van der Waals surface area contributed by atoms with Gasteiger partial charge in [-0.25, -0.2) is 8.42 Å². The summed E-state index contributed by atoms with van der Waals surface area (Å²) in [5.74, 6) is -0.918. The third-order valence-electron chi connectivity index (χ3n) is 5.87. The zero-order valence-corrected chi connectivity index (χ0v) is 24.0. The molecule has 3 aromatic rings. The fourth-order valence-corrected chi connectivity index (χ4v) is 5.57. The van der Waals surface area contributed by atoms with Crippen LogP contribution in [0, 0.1) is 6.92 Å². The Hall–Kier alpha value is -3.07. The molecule has 3 rings (SSSR count). The standard InChI is InChI=1S/C28H31Cl2N3O4S/c1-19(2)31-28(35)21(4)32(17-22-9-5-6-11-26(22)30)27(34)18-33(24-10-7-8-20(3)16-24)38(36,37)25-14-12-23(29)13-15-25/h5-16,19,21H,17-18H2,1-4H3,(H,31,35)/t21-/m0/s1. The summed E-state index contributed by atoms with van der Waals surface area (Å²) in [6.45, 7) is 6.58. The molecule has 0 heterocycles. The van der Waals surface area contributed by atoms with Gasteiger partial charge < -0.3 is 10.2 Å². The van der Waals surface area contributed by atoms with Gasteiger partial charge in [0, 0.05) is 22.6 Å². The molecule has 0 saturated heterocycles. The van der Waals surface area contributed by atoms with E-state index in [0.29, 0.717) is 21.3 Å². The lowest BCUT2D eigenvalue weighted by Crippen LogP contribution is -2.52. The van der Waals surface area contributed by atoms with E-state index in [1.54, 1.807) is 49.4 Å². The number of anilines is 1. The molecule has 202 valence electrons. The SMILES string of the molecule is Cc1cccc(N(CC(=O)N(Cc2ccccc2Cl)[C@@H](C)C(=O)NC(C)C)S(=O)(=O)c2ccc(Cl)cc2)c1. The van der Waals surface area contributed by atoms with Gasteiger partial charge in [-0.3, -0.25) is 13.9 Å². The first-order valence-corrected chi connectivity index (χ1v) is 14.3. The van der Waals surface area contributed by atoms with Crippen LogP contribution in [0.15, 0.2) is 77.7 Å². The molecule has 0 aromatic heterocycles. The molecule has 0 radical (unpaired) electrons. The minimum Gasteiger partial charge on any atom is -0.352 e. The average molecular weight is 577 g/mol. The quantitative estimate of drug-likeness (QED) is 0.348. The van der Waals surface area contributed by atoms with Crippen molar-refractivity contribution in [3.63, 3.8) is 0 Å². The molecular formula is C28H31Cl2N3O4S. The number of sulfonamides is 1. The van der Waals surface area contributed by atoms with Crippen LogP contribution in [0.3, 0.4) is 0 Å². The Labute approximate surface area is 234 Å². The number of carbonyl (C=O) groups is 2. The van der Waals surface area contributed by atoms with Crippen molar-refractivity contribution in [2.45, 2.75) is 51.2 Å². The molecule has 0 saturated carbocycles. The number of rotatable bonds is 10. The summed E-state index contributed by atoms with van der Waals surface area (Å²) in [6.07, 6.45) is 0. The molecule has 0 bridgehead atoms. The van der Waals surface area contributed by atoms with E-state index in [1.807, 2.05) is 26.8 Å². The van der Waals surface area contributed by atoms with Crippen molar-refractivity contribution >= 4 is 50.7 Å². The number of nitrogens with one attached hydrogen (secondary N) is 1. The van der Waals surface area contributed by atoms with Crippen molar-refractivity contribution < 1.29 is 18.0 Å². The molecule has 0 aliphatic carbocycles. The zero-order chi connectivity index (χ0) is 28.0. The van der Waals surface area contributed by atoms with E-state index in [-0.39, 0.29) is 23.4 Å². The van der Waals surface area contributed by atoms with Crippen LogP contribution >= 0.6 is 23.2 Å². The van der Waals surface area contributed by atoms with Crippen molar-refractivity contribution in [1.82, 2.24) is 10.2 Å². The second-order valence-electron chi connectivity index (χ2n) is 9.26. The van der Waals surface area contributed by atoms with Crippen molar-refractivity contribution in [3.8, 4) is 0 Å². The summed E-state index contributed by atoms with van der Waals surface area (Å²) in [6, 6.07) is 18.6. The molecule has 0 aliphatic rings. The summed E-state index contributed by atoms with van der Waals surface area (Å²) in [5, 5.41) is 3.65. The molecule has 38 heavy (non-hydrogen) atoms. The highest BCUT2D eigenvalue weighted by molar-refractivity contribution is 7.92. The number of carbonyl (C=O) groups excluding carboxylic acids is 2. The highest BCUT2D eigenvalue weighted by Crippen LogP contribution is 2.27. The monoisotopic (exact) mass is 575 g/mol. The Balaban J connectivity index is 2.04. The van der Waals surface area contributed by atoms with E-state index >= 15 is 0 Å². The summed E-state index contributed by atoms with van der Waals surface area (Å²) >= 11 is 12.3. The summed E-state index contributed by atoms with van der Waals surface area (Å²) in [7, 11) is -4.16. The third kappa shape index (κ3) is 7.28. The van der Waals surface area contributed by atoms with Crippen molar-refractivity contribution in [2.75, 3.05) is 10.8 Å². The van der Waals surface area contributed by atoms with Crippen LogP contribution in [0.1, 0.15) is 31.9 Å². The predicted octanol–water partition coefficient (Wildman–Crippen LogP) is 5.44. The fourth-order valence-electron chi connectivity index (χ4n) is 3.84. The fraction of sp³-hybridized carbons (Fsp3) is 0.286. The van der Waals surface area contributed by atoms with Gasteiger partial charge >= 0.3 is 0 Å². The first-order valence-electron chi connectivity index (χ1n) is 12.1. The third-order valence-corrected chi connectivity index (χ3v) is 8.28. The van der Waals surface area contributed by atoms with Gasteiger partial charge in [-0.2, -0.15) is 0 Å². The molecule has 2 amide bonds. The van der Waals surface area contributed by atoms with E-state index in [2.05, 4.69) is 5.32 Å². The number of benzene rings is 3. The maximum Gasteiger partial charge on any atom is 0.264 e. The van der Waals surface area contributed by atoms with E-state index in [0.717, 1.165) is 9.87 Å². The Morgan fingerprint density at radius 2 is 1.58 bits per heavy atom. The Bertz CT molecular complexity index is 1400. The number of halogens is 2. The summed E-state index contributed by atoms with van der Waals surface area (Å²) in [5.41, 5.74) is 1.78. The summed E-state index contributed by atoms with van der Waals surface area (Å²) < 4.78 is 28.6. The molecule has 0 aliphatic heterocycles. The molecule has 7 nitrogen and oxygen atoms in total. The predicted molar refractivity (Wildman–Crippen MR) is 152 cm³/mol. The normalized spacial score (nSPS) is 12.2. The molecule has 3 aromatic carbocycles. The largest absolute Gasteiger partial charge is 0.352 e. The number of nitrogens with zero attached hydrogens (tertiary/aromatic N) is 2. The Kier molecular flexibility index (Phi) is 9.82. The summed E-state index contributed by atoms with van der Waals surface area (Å²) in [4.78, 5) is 28.1. The van der Waals surface area contributed by atoms with E-state index in [9.17, 15) is 18.0 Å². The maximum atomic E-state index is 13.9.